The molecule has 70 valence electrons. The second kappa shape index (κ2) is 3.14. The molecule has 0 saturated heterocycles. The van der Waals surface area contributed by atoms with E-state index in [4.69, 9.17) is 0 Å². The van der Waals surface area contributed by atoms with Crippen LogP contribution >= 0.6 is 0 Å². The van der Waals surface area contributed by atoms with E-state index in [1.807, 2.05) is 24.4 Å². The van der Waals surface area contributed by atoms with Crippen molar-refractivity contribution in [1.82, 2.24) is 4.98 Å². The lowest BCUT2D eigenvalue weighted by Gasteiger charge is -1.96. The topological polar surface area (TPSA) is 32.9 Å². The Morgan fingerprint density at radius 1 is 1.50 bits per heavy atom. The summed E-state index contributed by atoms with van der Waals surface area (Å²) in [6, 6.07) is 5.65. The number of aromatic amines is 1. The van der Waals surface area contributed by atoms with Crippen LogP contribution in [0.4, 0.5) is 0 Å². The predicted molar refractivity (Wildman–Crippen MR) is 58.4 cm³/mol. The Morgan fingerprint density at radius 3 is 2.93 bits per heavy atom. The molecule has 2 aromatic rings. The lowest BCUT2D eigenvalue weighted by atomic mass is 10.1. The molecule has 1 aromatic carbocycles. The SMILES string of the molecule is C=Cc1c[nH]c2cc(C(C)=O)ccc12. The zero-order chi connectivity index (χ0) is 10.1. The summed E-state index contributed by atoms with van der Waals surface area (Å²) in [4.78, 5) is 14.2. The van der Waals surface area contributed by atoms with Gasteiger partial charge in [0.25, 0.3) is 0 Å². The highest BCUT2D eigenvalue weighted by Gasteiger charge is 2.03. The molecular weight excluding hydrogens is 174 g/mol. The minimum absolute atomic E-state index is 0.0849. The molecule has 0 amide bonds. The van der Waals surface area contributed by atoms with E-state index in [-0.39, 0.29) is 5.78 Å². The van der Waals surface area contributed by atoms with Gasteiger partial charge in [-0.25, -0.2) is 0 Å². The van der Waals surface area contributed by atoms with Gasteiger partial charge in [-0.2, -0.15) is 0 Å². The van der Waals surface area contributed by atoms with Crippen molar-refractivity contribution in [1.29, 1.82) is 0 Å². The molecule has 0 atom stereocenters. The molecule has 2 rings (SSSR count). The average molecular weight is 185 g/mol. The largest absolute Gasteiger partial charge is 0.361 e. The van der Waals surface area contributed by atoms with E-state index >= 15 is 0 Å². The fourth-order valence-electron chi connectivity index (χ4n) is 1.54. The fourth-order valence-corrected chi connectivity index (χ4v) is 1.54. The van der Waals surface area contributed by atoms with Crippen LogP contribution in [-0.2, 0) is 0 Å². The summed E-state index contributed by atoms with van der Waals surface area (Å²) in [6.45, 7) is 5.29. The highest BCUT2D eigenvalue weighted by molar-refractivity contribution is 5.99. The van der Waals surface area contributed by atoms with Crippen LogP contribution in [0.3, 0.4) is 0 Å². The standard InChI is InChI=1S/C12H11NO/c1-3-9-7-13-12-6-10(8(2)14)4-5-11(9)12/h3-7,13H,1H2,2H3. The van der Waals surface area contributed by atoms with Gasteiger partial charge in [-0.05, 0) is 18.6 Å². The number of fused-ring (bicyclic) bond motifs is 1. The van der Waals surface area contributed by atoms with E-state index in [9.17, 15) is 4.79 Å². The molecule has 1 N–H and O–H groups in total. The summed E-state index contributed by atoms with van der Waals surface area (Å²) in [7, 11) is 0. The zero-order valence-electron chi connectivity index (χ0n) is 8.00. The van der Waals surface area contributed by atoms with Crippen LogP contribution in [0.25, 0.3) is 17.0 Å². The summed E-state index contributed by atoms with van der Waals surface area (Å²) < 4.78 is 0. The van der Waals surface area contributed by atoms with Crippen molar-refractivity contribution in [2.45, 2.75) is 6.92 Å². The number of aromatic nitrogens is 1. The molecule has 1 heterocycles. The van der Waals surface area contributed by atoms with Crippen molar-refractivity contribution in [2.24, 2.45) is 0 Å². The van der Waals surface area contributed by atoms with Crippen LogP contribution in [0.5, 0.6) is 0 Å². The summed E-state index contributed by atoms with van der Waals surface area (Å²) in [5.41, 5.74) is 2.78. The Labute approximate surface area is 82.3 Å². The molecule has 0 fully saturated rings. The van der Waals surface area contributed by atoms with Crippen molar-refractivity contribution in [3.05, 3.63) is 42.1 Å². The molecule has 0 aliphatic carbocycles. The Hall–Kier alpha value is -1.83. The predicted octanol–water partition coefficient (Wildman–Crippen LogP) is 3.01. The highest BCUT2D eigenvalue weighted by atomic mass is 16.1. The van der Waals surface area contributed by atoms with Crippen LogP contribution in [0, 0.1) is 0 Å². The van der Waals surface area contributed by atoms with E-state index in [0.717, 1.165) is 22.0 Å². The molecule has 0 saturated carbocycles. The molecule has 0 unspecified atom stereocenters. The Balaban J connectivity index is 2.68. The number of ketones is 1. The Kier molecular flexibility index (Phi) is 1.97. The van der Waals surface area contributed by atoms with Crippen LogP contribution in [0.1, 0.15) is 22.8 Å². The maximum Gasteiger partial charge on any atom is 0.159 e. The van der Waals surface area contributed by atoms with Gasteiger partial charge in [0.2, 0.25) is 0 Å². The maximum absolute atomic E-state index is 11.1. The number of carbonyl (C=O) groups is 1. The molecule has 14 heavy (non-hydrogen) atoms. The van der Waals surface area contributed by atoms with E-state index in [1.54, 1.807) is 13.0 Å². The van der Waals surface area contributed by atoms with Gasteiger partial charge in [-0.3, -0.25) is 4.79 Å². The van der Waals surface area contributed by atoms with Gasteiger partial charge >= 0.3 is 0 Å². The first-order chi connectivity index (χ1) is 6.72. The molecule has 0 spiro atoms. The molecule has 0 radical (unpaired) electrons. The quantitative estimate of drug-likeness (QED) is 0.717. The van der Waals surface area contributed by atoms with Gasteiger partial charge in [-0.15, -0.1) is 0 Å². The van der Waals surface area contributed by atoms with Gasteiger partial charge < -0.3 is 4.98 Å². The summed E-state index contributed by atoms with van der Waals surface area (Å²) in [5, 5.41) is 1.10. The third-order valence-corrected chi connectivity index (χ3v) is 2.34. The number of Topliss-reactive ketones (excluding diaryl/α,β-unsaturated/α-hetero) is 1. The molecule has 2 heteroatoms. The smallest absolute Gasteiger partial charge is 0.159 e. The molecular formula is C12H11NO. The minimum Gasteiger partial charge on any atom is -0.361 e. The second-order valence-corrected chi connectivity index (χ2v) is 3.26. The molecule has 1 aromatic heterocycles. The third-order valence-electron chi connectivity index (χ3n) is 2.34. The normalized spacial score (nSPS) is 10.4. The van der Waals surface area contributed by atoms with Crippen molar-refractivity contribution >= 4 is 22.8 Å². The van der Waals surface area contributed by atoms with Gasteiger partial charge in [0.05, 0.1) is 0 Å². The van der Waals surface area contributed by atoms with Gasteiger partial charge in [0.1, 0.15) is 0 Å². The van der Waals surface area contributed by atoms with Crippen molar-refractivity contribution in [3.63, 3.8) is 0 Å². The molecule has 0 aliphatic rings. The molecule has 0 bridgehead atoms. The maximum atomic E-state index is 11.1. The number of hydrogen-bond acceptors (Lipinski definition) is 1. The number of carbonyl (C=O) groups excluding carboxylic acids is 1. The first-order valence-corrected chi connectivity index (χ1v) is 4.47. The first kappa shape index (κ1) is 8.75. The van der Waals surface area contributed by atoms with Crippen LogP contribution < -0.4 is 0 Å². The van der Waals surface area contributed by atoms with Crippen LogP contribution in [0.15, 0.2) is 31.0 Å². The minimum atomic E-state index is 0.0849. The first-order valence-electron chi connectivity index (χ1n) is 4.47. The van der Waals surface area contributed by atoms with Crippen LogP contribution in [-0.4, -0.2) is 10.8 Å². The number of benzene rings is 1. The van der Waals surface area contributed by atoms with Crippen molar-refractivity contribution in [3.8, 4) is 0 Å². The Morgan fingerprint density at radius 2 is 2.29 bits per heavy atom. The van der Waals surface area contributed by atoms with E-state index in [0.29, 0.717) is 0 Å². The third kappa shape index (κ3) is 1.25. The molecule has 2 nitrogen and oxygen atoms in total. The zero-order valence-corrected chi connectivity index (χ0v) is 8.00. The van der Waals surface area contributed by atoms with Gasteiger partial charge in [0.15, 0.2) is 5.78 Å². The number of rotatable bonds is 2. The lowest BCUT2D eigenvalue weighted by molar-refractivity contribution is 0.101. The highest BCUT2D eigenvalue weighted by Crippen LogP contribution is 2.20. The fraction of sp³-hybridized carbons (Fsp3) is 0.0833. The Bertz CT molecular complexity index is 508. The number of nitrogens with one attached hydrogen (secondary N) is 1. The molecule has 0 aliphatic heterocycles. The van der Waals surface area contributed by atoms with Gasteiger partial charge in [0, 0.05) is 22.7 Å². The van der Waals surface area contributed by atoms with E-state index in [2.05, 4.69) is 11.6 Å². The summed E-state index contributed by atoms with van der Waals surface area (Å²) in [6.07, 6.45) is 3.69. The number of hydrogen-bond donors (Lipinski definition) is 1. The number of H-pyrrole nitrogens is 1. The lowest BCUT2D eigenvalue weighted by Crippen LogP contribution is -1.90. The van der Waals surface area contributed by atoms with E-state index in [1.165, 1.54) is 0 Å². The summed E-state index contributed by atoms with van der Waals surface area (Å²) >= 11 is 0. The monoisotopic (exact) mass is 185 g/mol. The van der Waals surface area contributed by atoms with E-state index < -0.39 is 0 Å². The van der Waals surface area contributed by atoms with Crippen molar-refractivity contribution in [2.75, 3.05) is 0 Å². The van der Waals surface area contributed by atoms with Crippen LogP contribution in [0.2, 0.25) is 0 Å². The average Bonchev–Trinajstić information content (AvgIpc) is 2.59. The summed E-state index contributed by atoms with van der Waals surface area (Å²) in [5.74, 6) is 0.0849. The second-order valence-electron chi connectivity index (χ2n) is 3.26. The van der Waals surface area contributed by atoms with Crippen molar-refractivity contribution < 1.29 is 4.79 Å². The van der Waals surface area contributed by atoms with Gasteiger partial charge in [-0.1, -0.05) is 24.8 Å².